The second-order valence-electron chi connectivity index (χ2n) is 4.65. The Morgan fingerprint density at radius 3 is 2.26 bits per heavy atom. The summed E-state index contributed by atoms with van der Waals surface area (Å²) in [6, 6.07) is 15.8. The second kappa shape index (κ2) is 6.28. The van der Waals surface area contributed by atoms with Crippen LogP contribution in [0.15, 0.2) is 54.6 Å². The van der Waals surface area contributed by atoms with Gasteiger partial charge >= 0.3 is 0 Å². The standard InChI is InChI=1S/C17H17FO/c1-2-13(14-6-4-3-5-7-14)12-17(19)15-8-10-16(18)11-9-15/h3-11,13H,2,12H2,1H3/t13-/m1/s1. The summed E-state index contributed by atoms with van der Waals surface area (Å²) in [4.78, 5) is 12.2. The second-order valence-corrected chi connectivity index (χ2v) is 4.65. The Kier molecular flexibility index (Phi) is 4.45. The molecule has 19 heavy (non-hydrogen) atoms. The van der Waals surface area contributed by atoms with Crippen LogP contribution in [0.2, 0.25) is 0 Å². The molecule has 0 unspecified atom stereocenters. The first-order valence-corrected chi connectivity index (χ1v) is 6.54. The van der Waals surface area contributed by atoms with Crippen LogP contribution >= 0.6 is 0 Å². The van der Waals surface area contributed by atoms with Gasteiger partial charge in [-0.2, -0.15) is 0 Å². The fourth-order valence-electron chi connectivity index (χ4n) is 2.20. The molecule has 0 aliphatic rings. The van der Waals surface area contributed by atoms with Gasteiger partial charge in [0.2, 0.25) is 0 Å². The molecule has 0 aliphatic carbocycles. The van der Waals surface area contributed by atoms with E-state index < -0.39 is 0 Å². The molecule has 0 spiro atoms. The van der Waals surface area contributed by atoms with E-state index in [4.69, 9.17) is 0 Å². The molecule has 2 heteroatoms. The number of carbonyl (C=O) groups excluding carboxylic acids is 1. The van der Waals surface area contributed by atoms with E-state index >= 15 is 0 Å². The van der Waals surface area contributed by atoms with Crippen molar-refractivity contribution in [1.29, 1.82) is 0 Å². The summed E-state index contributed by atoms with van der Waals surface area (Å²) < 4.78 is 12.8. The van der Waals surface area contributed by atoms with Crippen LogP contribution in [0, 0.1) is 5.82 Å². The lowest BCUT2D eigenvalue weighted by Crippen LogP contribution is -2.07. The van der Waals surface area contributed by atoms with Gasteiger partial charge in [-0.1, -0.05) is 37.3 Å². The Morgan fingerprint density at radius 1 is 1.05 bits per heavy atom. The van der Waals surface area contributed by atoms with Crippen LogP contribution < -0.4 is 0 Å². The molecule has 0 radical (unpaired) electrons. The van der Waals surface area contributed by atoms with Crippen molar-refractivity contribution >= 4 is 5.78 Å². The number of Topliss-reactive ketones (excluding diaryl/α,β-unsaturated/α-hetero) is 1. The predicted octanol–water partition coefficient (Wildman–Crippen LogP) is 4.59. The molecule has 0 bridgehead atoms. The Hall–Kier alpha value is -1.96. The first-order chi connectivity index (χ1) is 9.20. The van der Waals surface area contributed by atoms with Crippen molar-refractivity contribution in [3.8, 4) is 0 Å². The van der Waals surface area contributed by atoms with Crippen molar-refractivity contribution < 1.29 is 9.18 Å². The fourth-order valence-corrected chi connectivity index (χ4v) is 2.20. The lowest BCUT2D eigenvalue weighted by Gasteiger charge is -2.14. The molecule has 2 aromatic carbocycles. The Balaban J connectivity index is 2.10. The Bertz CT molecular complexity index is 531. The lowest BCUT2D eigenvalue weighted by molar-refractivity contribution is 0.0973. The summed E-state index contributed by atoms with van der Waals surface area (Å²) in [6.45, 7) is 2.08. The number of carbonyl (C=O) groups is 1. The van der Waals surface area contributed by atoms with Crippen molar-refractivity contribution in [1.82, 2.24) is 0 Å². The zero-order chi connectivity index (χ0) is 13.7. The van der Waals surface area contributed by atoms with E-state index in [-0.39, 0.29) is 17.5 Å². The van der Waals surface area contributed by atoms with Crippen molar-refractivity contribution in [3.63, 3.8) is 0 Å². The van der Waals surface area contributed by atoms with E-state index in [0.717, 1.165) is 6.42 Å². The van der Waals surface area contributed by atoms with Gasteiger partial charge in [0.05, 0.1) is 0 Å². The third-order valence-corrected chi connectivity index (χ3v) is 3.36. The molecule has 0 saturated heterocycles. The average Bonchev–Trinajstić information content (AvgIpc) is 2.46. The first-order valence-electron chi connectivity index (χ1n) is 6.54. The van der Waals surface area contributed by atoms with Crippen LogP contribution in [-0.2, 0) is 0 Å². The first kappa shape index (κ1) is 13.5. The molecule has 2 aromatic rings. The number of ketones is 1. The van der Waals surface area contributed by atoms with Gasteiger partial charge in [-0.05, 0) is 42.2 Å². The van der Waals surface area contributed by atoms with Crippen LogP contribution in [0.5, 0.6) is 0 Å². The molecule has 0 aromatic heterocycles. The van der Waals surface area contributed by atoms with Gasteiger partial charge in [0, 0.05) is 12.0 Å². The maximum absolute atomic E-state index is 12.8. The highest BCUT2D eigenvalue weighted by Crippen LogP contribution is 2.24. The van der Waals surface area contributed by atoms with Crippen LogP contribution in [0.1, 0.15) is 41.6 Å². The summed E-state index contributed by atoms with van der Waals surface area (Å²) in [5, 5.41) is 0. The summed E-state index contributed by atoms with van der Waals surface area (Å²) in [5.74, 6) is -0.0268. The van der Waals surface area contributed by atoms with Crippen molar-refractivity contribution in [2.24, 2.45) is 0 Å². The van der Waals surface area contributed by atoms with E-state index in [1.807, 2.05) is 30.3 Å². The van der Waals surface area contributed by atoms with Crippen molar-refractivity contribution in [3.05, 3.63) is 71.5 Å². The van der Waals surface area contributed by atoms with Crippen molar-refractivity contribution in [2.75, 3.05) is 0 Å². The topological polar surface area (TPSA) is 17.1 Å². The van der Waals surface area contributed by atoms with Gasteiger partial charge in [0.15, 0.2) is 5.78 Å². The van der Waals surface area contributed by atoms with Gasteiger partial charge in [-0.3, -0.25) is 4.79 Å². The Labute approximate surface area is 113 Å². The smallest absolute Gasteiger partial charge is 0.163 e. The zero-order valence-corrected chi connectivity index (χ0v) is 11.0. The molecule has 0 aliphatic heterocycles. The molecule has 0 heterocycles. The molecular weight excluding hydrogens is 239 g/mol. The number of hydrogen-bond donors (Lipinski definition) is 0. The molecule has 1 nitrogen and oxygen atoms in total. The maximum Gasteiger partial charge on any atom is 0.163 e. The van der Waals surface area contributed by atoms with Gasteiger partial charge in [-0.15, -0.1) is 0 Å². The highest BCUT2D eigenvalue weighted by atomic mass is 19.1. The lowest BCUT2D eigenvalue weighted by atomic mass is 9.90. The van der Waals surface area contributed by atoms with Gasteiger partial charge in [0.25, 0.3) is 0 Å². The average molecular weight is 256 g/mol. The highest BCUT2D eigenvalue weighted by Gasteiger charge is 2.15. The molecule has 0 saturated carbocycles. The predicted molar refractivity (Wildman–Crippen MR) is 74.8 cm³/mol. The van der Waals surface area contributed by atoms with Crippen molar-refractivity contribution in [2.45, 2.75) is 25.7 Å². The molecule has 1 atom stereocenters. The van der Waals surface area contributed by atoms with E-state index in [1.165, 1.54) is 17.7 Å². The zero-order valence-electron chi connectivity index (χ0n) is 11.0. The largest absolute Gasteiger partial charge is 0.294 e. The number of benzene rings is 2. The van der Waals surface area contributed by atoms with Gasteiger partial charge < -0.3 is 0 Å². The minimum Gasteiger partial charge on any atom is -0.294 e. The quantitative estimate of drug-likeness (QED) is 0.715. The molecule has 0 amide bonds. The minimum absolute atomic E-state index is 0.0655. The number of halogens is 1. The third kappa shape index (κ3) is 3.50. The third-order valence-electron chi connectivity index (χ3n) is 3.36. The van der Waals surface area contributed by atoms with E-state index in [2.05, 4.69) is 6.92 Å². The summed E-state index contributed by atoms with van der Waals surface area (Å²) in [6.07, 6.45) is 1.38. The minimum atomic E-state index is -0.313. The molecule has 2 rings (SSSR count). The number of rotatable bonds is 5. The fraction of sp³-hybridized carbons (Fsp3) is 0.235. The summed E-state index contributed by atoms with van der Waals surface area (Å²) in [7, 11) is 0. The van der Waals surface area contributed by atoms with E-state index in [1.54, 1.807) is 12.1 Å². The van der Waals surface area contributed by atoms with Crippen LogP contribution in [0.25, 0.3) is 0 Å². The molecule has 0 N–H and O–H groups in total. The summed E-state index contributed by atoms with van der Waals surface area (Å²) >= 11 is 0. The van der Waals surface area contributed by atoms with Gasteiger partial charge in [-0.25, -0.2) is 4.39 Å². The molecule has 98 valence electrons. The number of hydrogen-bond acceptors (Lipinski definition) is 1. The molecule has 0 fully saturated rings. The normalized spacial score (nSPS) is 12.1. The monoisotopic (exact) mass is 256 g/mol. The molecular formula is C17H17FO. The Morgan fingerprint density at radius 2 is 1.68 bits per heavy atom. The van der Waals surface area contributed by atoms with Crippen LogP contribution in [0.4, 0.5) is 4.39 Å². The summed E-state index contributed by atoms with van der Waals surface area (Å²) in [5.41, 5.74) is 1.76. The van der Waals surface area contributed by atoms with Gasteiger partial charge in [0.1, 0.15) is 5.82 Å². The van der Waals surface area contributed by atoms with E-state index in [9.17, 15) is 9.18 Å². The highest BCUT2D eigenvalue weighted by molar-refractivity contribution is 5.96. The SMILES string of the molecule is CC[C@H](CC(=O)c1ccc(F)cc1)c1ccccc1. The van der Waals surface area contributed by atoms with E-state index in [0.29, 0.717) is 12.0 Å². The maximum atomic E-state index is 12.8. The van der Waals surface area contributed by atoms with Crippen LogP contribution in [-0.4, -0.2) is 5.78 Å². The van der Waals surface area contributed by atoms with Crippen LogP contribution in [0.3, 0.4) is 0 Å².